The van der Waals surface area contributed by atoms with Crippen LogP contribution in [0.1, 0.15) is 93.4 Å². The van der Waals surface area contributed by atoms with Crippen molar-refractivity contribution in [3.8, 4) is 0 Å². The number of fused-ring (bicyclic) bond motifs is 7. The summed E-state index contributed by atoms with van der Waals surface area (Å²) in [4.78, 5) is 57.1. The molecule has 1 heterocycles. The Bertz CT molecular complexity index is 1330. The molecule has 1 saturated heterocycles. The van der Waals surface area contributed by atoms with Crippen LogP contribution in [0.25, 0.3) is 0 Å². The van der Waals surface area contributed by atoms with Gasteiger partial charge in [0.25, 0.3) is 0 Å². The zero-order valence-corrected chi connectivity index (χ0v) is 27.3. The second-order valence-corrected chi connectivity index (χ2v) is 16.4. The number of ether oxygens (including phenoxy) is 1. The minimum Gasteiger partial charge on any atom is -0.478 e. The Morgan fingerprint density at radius 3 is 2.30 bits per heavy atom. The number of carboxylic acid groups (broad SMARTS) is 1. The van der Waals surface area contributed by atoms with Crippen LogP contribution < -0.4 is 0 Å². The Morgan fingerprint density at radius 1 is 0.977 bits per heavy atom. The number of hydrogen-bond acceptors (Lipinski definition) is 5. The van der Waals surface area contributed by atoms with Crippen LogP contribution in [-0.4, -0.2) is 59.8 Å². The SMILES string of the molecule is C[C@H]1[C@H](C)CC[C@]2(C)CC[C@]3(C)C(=CC(=O)[C@@H]4[C@@]5(C)C/C(=C\C(=O)O)C(=O)[C@](C)(C(=O)N6CCOCC6)[C@@H]5CC[C@]43C)[C@H]12. The molecule has 6 rings (SSSR count). The highest BCUT2D eigenvalue weighted by molar-refractivity contribution is 6.16. The minimum atomic E-state index is -1.43. The third-order valence-corrected chi connectivity index (χ3v) is 14.5. The average molecular weight is 594 g/mol. The van der Waals surface area contributed by atoms with E-state index in [9.17, 15) is 24.3 Å². The van der Waals surface area contributed by atoms with E-state index in [1.807, 2.05) is 6.08 Å². The summed E-state index contributed by atoms with van der Waals surface area (Å²) >= 11 is 0. The molecule has 0 radical (unpaired) electrons. The number of rotatable bonds is 2. The average Bonchev–Trinajstić information content (AvgIpc) is 2.94. The summed E-state index contributed by atoms with van der Waals surface area (Å²) in [5.41, 5.74) is -1.02. The van der Waals surface area contributed by atoms with Gasteiger partial charge in [-0.3, -0.25) is 14.4 Å². The zero-order chi connectivity index (χ0) is 31.3. The Balaban J connectivity index is 1.50. The predicted molar refractivity (Wildman–Crippen MR) is 163 cm³/mol. The molecule has 5 fully saturated rings. The Morgan fingerprint density at radius 2 is 1.65 bits per heavy atom. The van der Waals surface area contributed by atoms with Gasteiger partial charge in [0, 0.05) is 30.7 Å². The maximum atomic E-state index is 14.7. The first kappa shape index (κ1) is 30.7. The first-order chi connectivity index (χ1) is 20.0. The number of amides is 1. The van der Waals surface area contributed by atoms with Crippen LogP contribution in [-0.2, 0) is 23.9 Å². The van der Waals surface area contributed by atoms with E-state index in [4.69, 9.17) is 4.74 Å². The molecule has 7 heteroatoms. The van der Waals surface area contributed by atoms with Gasteiger partial charge in [0.1, 0.15) is 5.41 Å². The quantitative estimate of drug-likeness (QED) is 0.317. The van der Waals surface area contributed by atoms with Crippen molar-refractivity contribution in [3.05, 3.63) is 23.3 Å². The maximum absolute atomic E-state index is 14.7. The molecule has 0 aromatic rings. The second-order valence-electron chi connectivity index (χ2n) is 16.4. The summed E-state index contributed by atoms with van der Waals surface area (Å²) in [6, 6.07) is 0. The highest BCUT2D eigenvalue weighted by atomic mass is 16.5. The summed E-state index contributed by atoms with van der Waals surface area (Å²) in [6.45, 7) is 17.4. The maximum Gasteiger partial charge on any atom is 0.328 e. The molecule has 10 atom stereocenters. The van der Waals surface area contributed by atoms with Crippen molar-refractivity contribution >= 4 is 23.4 Å². The smallest absolute Gasteiger partial charge is 0.328 e. The molecule has 5 aliphatic carbocycles. The lowest BCUT2D eigenvalue weighted by Gasteiger charge is -2.70. The second kappa shape index (κ2) is 9.86. The number of nitrogens with zero attached hydrogens (tertiary/aromatic N) is 1. The molecular weight excluding hydrogens is 542 g/mol. The van der Waals surface area contributed by atoms with E-state index in [2.05, 4.69) is 41.5 Å². The molecule has 0 aromatic carbocycles. The largest absolute Gasteiger partial charge is 0.478 e. The molecule has 1 aliphatic heterocycles. The van der Waals surface area contributed by atoms with E-state index < -0.39 is 22.7 Å². The Kier molecular flexibility index (Phi) is 7.05. The number of allylic oxidation sites excluding steroid dienone is 3. The number of carboxylic acids is 1. The molecule has 0 aromatic heterocycles. The van der Waals surface area contributed by atoms with Gasteiger partial charge in [-0.25, -0.2) is 4.79 Å². The summed E-state index contributed by atoms with van der Waals surface area (Å²) in [5, 5.41) is 9.82. The van der Waals surface area contributed by atoms with Crippen LogP contribution in [0.3, 0.4) is 0 Å². The van der Waals surface area contributed by atoms with Gasteiger partial charge in [-0.15, -0.1) is 0 Å². The van der Waals surface area contributed by atoms with Crippen LogP contribution in [0.15, 0.2) is 23.3 Å². The third-order valence-electron chi connectivity index (χ3n) is 14.5. The number of morpholine rings is 1. The number of Topliss-reactive ketones (excluding diaryl/α,β-unsaturated/α-hetero) is 1. The van der Waals surface area contributed by atoms with E-state index in [0.29, 0.717) is 50.5 Å². The summed E-state index contributed by atoms with van der Waals surface area (Å²) in [6.07, 6.45) is 9.22. The zero-order valence-electron chi connectivity index (χ0n) is 27.3. The molecule has 236 valence electrons. The van der Waals surface area contributed by atoms with Crippen LogP contribution >= 0.6 is 0 Å². The van der Waals surface area contributed by atoms with Gasteiger partial charge < -0.3 is 14.7 Å². The number of carbonyl (C=O) groups excluding carboxylic acids is 3. The fourth-order valence-corrected chi connectivity index (χ4v) is 11.8. The van der Waals surface area contributed by atoms with Crippen molar-refractivity contribution in [3.63, 3.8) is 0 Å². The highest BCUT2D eigenvalue weighted by Crippen LogP contribution is 2.75. The van der Waals surface area contributed by atoms with Gasteiger partial charge in [0.05, 0.1) is 13.2 Å². The first-order valence-electron chi connectivity index (χ1n) is 16.7. The van der Waals surface area contributed by atoms with Crippen molar-refractivity contribution in [2.45, 2.75) is 93.4 Å². The lowest BCUT2D eigenvalue weighted by atomic mass is 9.33. The van der Waals surface area contributed by atoms with E-state index >= 15 is 0 Å². The van der Waals surface area contributed by atoms with Crippen molar-refractivity contribution in [1.82, 2.24) is 4.90 Å². The van der Waals surface area contributed by atoms with Crippen molar-refractivity contribution in [1.29, 1.82) is 0 Å². The topological polar surface area (TPSA) is 101 Å². The first-order valence-corrected chi connectivity index (χ1v) is 16.7. The predicted octanol–water partition coefficient (Wildman–Crippen LogP) is 5.87. The normalized spacial score (nSPS) is 48.9. The fourth-order valence-electron chi connectivity index (χ4n) is 11.8. The minimum absolute atomic E-state index is 0.113. The van der Waals surface area contributed by atoms with Crippen LogP contribution in [0.2, 0.25) is 0 Å². The number of hydrogen-bond donors (Lipinski definition) is 1. The molecule has 1 N–H and O–H groups in total. The Hall–Kier alpha value is -2.28. The third kappa shape index (κ3) is 4.01. The standard InChI is InChI=1S/C36H51NO6/c1-21-8-10-32(3)12-13-34(5)24(28(32)22(21)2)19-25(38)29-33(4)20-23(18-27(39)40)30(41)36(7,26(33)9-11-35(29,34)6)31(42)37-14-16-43-17-15-37/h18-19,21-22,26,28-29H,8-17,20H2,1-7H3,(H,39,40)/b23-18+/t21-,22+,26-,28+,29-,32-,33+,34-,35-,36-/m1/s1. The summed E-state index contributed by atoms with van der Waals surface area (Å²) in [5.74, 6) is -1.02. The molecule has 7 nitrogen and oxygen atoms in total. The molecule has 0 spiro atoms. The van der Waals surface area contributed by atoms with Gasteiger partial charge in [0.2, 0.25) is 5.91 Å². The van der Waals surface area contributed by atoms with Gasteiger partial charge >= 0.3 is 5.97 Å². The van der Waals surface area contributed by atoms with Gasteiger partial charge in [0.15, 0.2) is 11.6 Å². The van der Waals surface area contributed by atoms with E-state index in [1.165, 1.54) is 18.4 Å². The van der Waals surface area contributed by atoms with Crippen LogP contribution in [0, 0.1) is 56.7 Å². The number of aliphatic carboxylic acids is 1. The lowest BCUT2D eigenvalue weighted by molar-refractivity contribution is -0.191. The van der Waals surface area contributed by atoms with Crippen molar-refractivity contribution in [2.24, 2.45) is 56.7 Å². The molecular formula is C36H51NO6. The molecule has 1 amide bonds. The van der Waals surface area contributed by atoms with E-state index in [0.717, 1.165) is 25.3 Å². The van der Waals surface area contributed by atoms with Crippen molar-refractivity contribution in [2.75, 3.05) is 26.3 Å². The fraction of sp³-hybridized carbons (Fsp3) is 0.778. The van der Waals surface area contributed by atoms with Crippen molar-refractivity contribution < 1.29 is 29.0 Å². The molecule has 4 saturated carbocycles. The van der Waals surface area contributed by atoms with Gasteiger partial charge in [-0.2, -0.15) is 0 Å². The van der Waals surface area contributed by atoms with Gasteiger partial charge in [-0.05, 0) is 103 Å². The monoisotopic (exact) mass is 593 g/mol. The van der Waals surface area contributed by atoms with Crippen LogP contribution in [0.4, 0.5) is 0 Å². The highest BCUT2D eigenvalue weighted by Gasteiger charge is 2.72. The van der Waals surface area contributed by atoms with Gasteiger partial charge in [-0.1, -0.05) is 47.1 Å². The Labute approximate surface area is 256 Å². The van der Waals surface area contributed by atoms with E-state index in [-0.39, 0.29) is 51.6 Å². The summed E-state index contributed by atoms with van der Waals surface area (Å²) in [7, 11) is 0. The van der Waals surface area contributed by atoms with Crippen LogP contribution in [0.5, 0.6) is 0 Å². The number of carbonyl (C=O) groups is 4. The lowest BCUT2D eigenvalue weighted by Crippen LogP contribution is -2.69. The number of ketones is 2. The molecule has 0 bridgehead atoms. The molecule has 6 aliphatic rings. The van der Waals surface area contributed by atoms with E-state index in [1.54, 1.807) is 11.8 Å². The summed E-state index contributed by atoms with van der Waals surface area (Å²) < 4.78 is 5.50. The molecule has 43 heavy (non-hydrogen) atoms. The molecule has 0 unspecified atom stereocenters.